The zero-order valence-corrected chi connectivity index (χ0v) is 12.6. The number of aliphatic hydroxyl groups excluding tert-OH is 1. The number of nitrogens with zero attached hydrogens (tertiary/aromatic N) is 3. The molecule has 2 aliphatic rings. The van der Waals surface area contributed by atoms with E-state index < -0.39 is 0 Å². The molecule has 5 nitrogen and oxygen atoms in total. The summed E-state index contributed by atoms with van der Waals surface area (Å²) in [6.45, 7) is 5.33. The van der Waals surface area contributed by atoms with Crippen molar-refractivity contribution in [2.24, 2.45) is 0 Å². The van der Waals surface area contributed by atoms with Crippen LogP contribution in [0.4, 0.5) is 0 Å². The molecule has 20 heavy (non-hydrogen) atoms. The first kappa shape index (κ1) is 15.5. The second-order valence-electron chi connectivity index (χ2n) is 5.74. The van der Waals surface area contributed by atoms with Crippen LogP contribution in [0.5, 0.6) is 0 Å². The van der Waals surface area contributed by atoms with Gasteiger partial charge >= 0.3 is 0 Å². The van der Waals surface area contributed by atoms with Crippen LogP contribution in [0.1, 0.15) is 25.7 Å². The third-order valence-corrected chi connectivity index (χ3v) is 4.28. The van der Waals surface area contributed by atoms with Gasteiger partial charge in [0.15, 0.2) is 0 Å². The van der Waals surface area contributed by atoms with E-state index in [9.17, 15) is 4.79 Å². The molecule has 1 fully saturated rings. The number of hydrogen-bond acceptors (Lipinski definition) is 4. The van der Waals surface area contributed by atoms with Gasteiger partial charge in [-0.1, -0.05) is 6.08 Å². The van der Waals surface area contributed by atoms with E-state index in [1.54, 1.807) is 0 Å². The van der Waals surface area contributed by atoms with Gasteiger partial charge in [0.1, 0.15) is 0 Å². The molecule has 1 saturated heterocycles. The van der Waals surface area contributed by atoms with Crippen molar-refractivity contribution < 1.29 is 9.90 Å². The van der Waals surface area contributed by atoms with Gasteiger partial charge < -0.3 is 10.0 Å². The fourth-order valence-corrected chi connectivity index (χ4v) is 2.96. The number of hydrogen-bond donors (Lipinski definition) is 1. The van der Waals surface area contributed by atoms with Crippen LogP contribution >= 0.6 is 0 Å². The minimum absolute atomic E-state index is 0.203. The second kappa shape index (κ2) is 7.76. The molecule has 1 aliphatic carbocycles. The molecule has 2 rings (SSSR count). The Bertz CT molecular complexity index is 357. The lowest BCUT2D eigenvalue weighted by atomic mass is 10.3. The lowest BCUT2D eigenvalue weighted by molar-refractivity contribution is -0.129. The van der Waals surface area contributed by atoms with Crippen LogP contribution in [0.2, 0.25) is 0 Å². The van der Waals surface area contributed by atoms with Crippen LogP contribution in [0.3, 0.4) is 0 Å². The molecule has 1 amide bonds. The Kier molecular flexibility index (Phi) is 6.01. The van der Waals surface area contributed by atoms with Crippen LogP contribution < -0.4 is 0 Å². The van der Waals surface area contributed by atoms with Gasteiger partial charge in [0.25, 0.3) is 0 Å². The summed E-state index contributed by atoms with van der Waals surface area (Å²) in [4.78, 5) is 18.7. The molecule has 0 aromatic rings. The van der Waals surface area contributed by atoms with Crippen molar-refractivity contribution in [1.29, 1.82) is 0 Å². The summed E-state index contributed by atoms with van der Waals surface area (Å²) in [6.07, 6.45) is 6.56. The normalized spacial score (nSPS) is 21.6. The van der Waals surface area contributed by atoms with Gasteiger partial charge in [-0.15, -0.1) is 0 Å². The maximum atomic E-state index is 12.3. The van der Waals surface area contributed by atoms with Crippen LogP contribution in [0.25, 0.3) is 0 Å². The van der Waals surface area contributed by atoms with Gasteiger partial charge in [0.05, 0.1) is 13.2 Å². The molecule has 0 saturated carbocycles. The van der Waals surface area contributed by atoms with Gasteiger partial charge in [-0.25, -0.2) is 0 Å². The summed E-state index contributed by atoms with van der Waals surface area (Å²) in [7, 11) is 1.90. The van der Waals surface area contributed by atoms with Gasteiger partial charge in [0.2, 0.25) is 5.91 Å². The van der Waals surface area contributed by atoms with E-state index in [0.29, 0.717) is 6.54 Å². The fraction of sp³-hybridized carbons (Fsp3) is 0.800. The average Bonchev–Trinajstić information content (AvgIpc) is 2.89. The van der Waals surface area contributed by atoms with E-state index in [1.165, 1.54) is 12.1 Å². The molecular formula is C15H27N3O2. The molecule has 0 atom stereocenters. The van der Waals surface area contributed by atoms with Crippen LogP contribution in [0.15, 0.2) is 11.8 Å². The number of β-amino-alcohol motifs (C(OH)–C–C–N with tert-alkyl or cyclic N) is 1. The van der Waals surface area contributed by atoms with Gasteiger partial charge in [0, 0.05) is 32.4 Å². The van der Waals surface area contributed by atoms with Crippen molar-refractivity contribution in [3.8, 4) is 0 Å². The zero-order valence-electron chi connectivity index (χ0n) is 12.6. The maximum absolute atomic E-state index is 12.3. The Balaban J connectivity index is 1.79. The Morgan fingerprint density at radius 3 is 2.70 bits per heavy atom. The SMILES string of the molecule is CN(C(=O)CN1CCCN(CCO)CC1)C1=CCCC1. The van der Waals surface area contributed by atoms with Gasteiger partial charge in [-0.2, -0.15) is 0 Å². The smallest absolute Gasteiger partial charge is 0.240 e. The second-order valence-corrected chi connectivity index (χ2v) is 5.74. The number of aliphatic hydroxyl groups is 1. The Morgan fingerprint density at radius 2 is 2.00 bits per heavy atom. The van der Waals surface area contributed by atoms with Crippen LogP contribution in [0, 0.1) is 0 Å². The monoisotopic (exact) mass is 281 g/mol. The van der Waals surface area contributed by atoms with E-state index in [1.807, 2.05) is 11.9 Å². The van der Waals surface area contributed by atoms with E-state index in [0.717, 1.165) is 52.0 Å². The highest BCUT2D eigenvalue weighted by Crippen LogP contribution is 2.20. The summed E-state index contributed by atoms with van der Waals surface area (Å²) < 4.78 is 0. The summed E-state index contributed by atoms with van der Waals surface area (Å²) in [5.74, 6) is 0.203. The number of carbonyl (C=O) groups excluding carboxylic acids is 1. The largest absolute Gasteiger partial charge is 0.395 e. The standard InChI is InChI=1S/C15H27N3O2/c1-16(14-5-2-3-6-14)15(20)13-18-8-4-7-17(9-10-18)11-12-19/h5,19H,2-4,6-13H2,1H3. The van der Waals surface area contributed by atoms with E-state index in [-0.39, 0.29) is 12.5 Å². The van der Waals surface area contributed by atoms with Crippen molar-refractivity contribution in [2.45, 2.75) is 25.7 Å². The topological polar surface area (TPSA) is 47.0 Å². The molecule has 0 bridgehead atoms. The van der Waals surface area contributed by atoms with Crippen molar-refractivity contribution in [3.05, 3.63) is 11.8 Å². The zero-order chi connectivity index (χ0) is 14.4. The maximum Gasteiger partial charge on any atom is 0.240 e. The van der Waals surface area contributed by atoms with Crippen LogP contribution in [-0.4, -0.2) is 78.6 Å². The molecule has 114 valence electrons. The van der Waals surface area contributed by atoms with Crippen molar-refractivity contribution in [1.82, 2.24) is 14.7 Å². The number of amides is 1. The van der Waals surface area contributed by atoms with Crippen molar-refractivity contribution in [3.63, 3.8) is 0 Å². The molecular weight excluding hydrogens is 254 g/mol. The molecule has 5 heteroatoms. The fourth-order valence-electron chi connectivity index (χ4n) is 2.96. The highest BCUT2D eigenvalue weighted by molar-refractivity contribution is 5.79. The first-order valence-corrected chi connectivity index (χ1v) is 7.72. The average molecular weight is 281 g/mol. The molecule has 1 aliphatic heterocycles. The summed E-state index contributed by atoms with van der Waals surface area (Å²) >= 11 is 0. The number of likely N-dealkylation sites (N-methyl/N-ethyl adjacent to an activating group) is 1. The minimum Gasteiger partial charge on any atom is -0.395 e. The molecule has 1 heterocycles. The van der Waals surface area contributed by atoms with Crippen LogP contribution in [-0.2, 0) is 4.79 Å². The summed E-state index contributed by atoms with van der Waals surface area (Å²) in [5, 5.41) is 8.99. The highest BCUT2D eigenvalue weighted by Gasteiger charge is 2.21. The highest BCUT2D eigenvalue weighted by atomic mass is 16.3. The van der Waals surface area contributed by atoms with E-state index >= 15 is 0 Å². The Hall–Kier alpha value is -0.910. The molecule has 0 radical (unpaired) electrons. The lowest BCUT2D eigenvalue weighted by Gasteiger charge is -2.24. The lowest BCUT2D eigenvalue weighted by Crippen LogP contribution is -2.39. The molecule has 0 spiro atoms. The van der Waals surface area contributed by atoms with E-state index in [4.69, 9.17) is 5.11 Å². The summed E-state index contributed by atoms with van der Waals surface area (Å²) in [5.41, 5.74) is 1.19. The van der Waals surface area contributed by atoms with Gasteiger partial charge in [-0.05, 0) is 38.8 Å². The summed E-state index contributed by atoms with van der Waals surface area (Å²) in [6, 6.07) is 0. The molecule has 0 aromatic carbocycles. The quantitative estimate of drug-likeness (QED) is 0.798. The Labute approximate surface area is 121 Å². The molecule has 1 N–H and O–H groups in total. The predicted molar refractivity (Wildman–Crippen MR) is 79.3 cm³/mol. The number of carbonyl (C=O) groups is 1. The number of rotatable bonds is 5. The first-order chi connectivity index (χ1) is 9.70. The van der Waals surface area contributed by atoms with Crippen molar-refractivity contribution >= 4 is 5.91 Å². The number of allylic oxidation sites excluding steroid dienone is 2. The van der Waals surface area contributed by atoms with Crippen molar-refractivity contribution in [2.75, 3.05) is 52.9 Å². The third-order valence-electron chi connectivity index (χ3n) is 4.28. The third kappa shape index (κ3) is 4.30. The predicted octanol–water partition coefficient (Wildman–Crippen LogP) is 0.513. The minimum atomic E-state index is 0.203. The van der Waals surface area contributed by atoms with Gasteiger partial charge in [-0.3, -0.25) is 14.6 Å². The molecule has 0 aromatic heterocycles. The first-order valence-electron chi connectivity index (χ1n) is 7.72. The molecule has 0 unspecified atom stereocenters. The Morgan fingerprint density at radius 1 is 1.25 bits per heavy atom. The van der Waals surface area contributed by atoms with E-state index in [2.05, 4.69) is 15.9 Å².